The monoisotopic (exact) mass is 347 g/mol. The van der Waals surface area contributed by atoms with E-state index in [4.69, 9.17) is 10.5 Å². The summed E-state index contributed by atoms with van der Waals surface area (Å²) in [5, 5.41) is 1.37. The number of amides is 1. The van der Waals surface area contributed by atoms with Gasteiger partial charge in [-0.1, -0.05) is 18.2 Å². The highest BCUT2D eigenvalue weighted by atomic mass is 19.1. The van der Waals surface area contributed by atoms with Crippen LogP contribution in [0.3, 0.4) is 0 Å². The highest BCUT2D eigenvalue weighted by Crippen LogP contribution is 2.32. The summed E-state index contributed by atoms with van der Waals surface area (Å²) in [4.78, 5) is 11.9. The highest BCUT2D eigenvalue weighted by Gasteiger charge is 2.17. The number of rotatable bonds is 4. The van der Waals surface area contributed by atoms with Crippen molar-refractivity contribution in [3.63, 3.8) is 0 Å². The zero-order valence-corrected chi connectivity index (χ0v) is 14.1. The van der Waals surface area contributed by atoms with Crippen LogP contribution in [-0.4, -0.2) is 17.6 Å². The van der Waals surface area contributed by atoms with Gasteiger partial charge >= 0.3 is 0 Å². The Morgan fingerprint density at radius 3 is 2.77 bits per heavy atom. The molecule has 1 aromatic heterocycles. The molecule has 4 aromatic rings. The Kier molecular flexibility index (Phi) is 3.84. The van der Waals surface area contributed by atoms with E-state index in [1.54, 1.807) is 19.2 Å². The summed E-state index contributed by atoms with van der Waals surface area (Å²) >= 11 is 0. The molecule has 0 aliphatic heterocycles. The number of nitrogens with two attached hydrogens (primary N) is 1. The lowest BCUT2D eigenvalue weighted by Gasteiger charge is -2.09. The molecule has 4 nitrogen and oxygen atoms in total. The number of carbonyl (C=O) groups is 1. The first-order valence-electron chi connectivity index (χ1n) is 8.13. The molecular formula is C21H16FN2O2. The molecule has 0 saturated carbocycles. The normalized spacial score (nSPS) is 11.2. The molecule has 0 spiro atoms. The van der Waals surface area contributed by atoms with Crippen LogP contribution in [0.2, 0.25) is 0 Å². The summed E-state index contributed by atoms with van der Waals surface area (Å²) in [5.74, 6) is -0.152. The second-order valence-electron chi connectivity index (χ2n) is 6.08. The third-order valence-corrected chi connectivity index (χ3v) is 4.50. The Hall–Kier alpha value is -3.34. The van der Waals surface area contributed by atoms with Crippen molar-refractivity contribution in [1.82, 2.24) is 4.57 Å². The molecule has 0 bridgehead atoms. The van der Waals surface area contributed by atoms with Gasteiger partial charge in [0.15, 0.2) is 0 Å². The van der Waals surface area contributed by atoms with Gasteiger partial charge in [-0.2, -0.15) is 0 Å². The fraction of sp³-hybridized carbons (Fsp3) is 0.0952. The molecule has 129 valence electrons. The molecule has 2 N–H and O–H groups in total. The van der Waals surface area contributed by atoms with Gasteiger partial charge in [-0.15, -0.1) is 0 Å². The van der Waals surface area contributed by atoms with Crippen molar-refractivity contribution in [2.75, 3.05) is 7.11 Å². The van der Waals surface area contributed by atoms with Crippen molar-refractivity contribution < 1.29 is 13.9 Å². The number of halogens is 1. The molecule has 4 rings (SSSR count). The van der Waals surface area contributed by atoms with Crippen LogP contribution in [0, 0.1) is 11.9 Å². The maximum absolute atomic E-state index is 13.9. The lowest BCUT2D eigenvalue weighted by atomic mass is 10.1. The molecule has 1 radical (unpaired) electrons. The molecule has 0 atom stereocenters. The van der Waals surface area contributed by atoms with Crippen LogP contribution >= 0.6 is 0 Å². The quantitative estimate of drug-likeness (QED) is 0.609. The Balaban J connectivity index is 2.01. The Labute approximate surface area is 149 Å². The van der Waals surface area contributed by atoms with E-state index in [0.29, 0.717) is 28.4 Å². The molecule has 1 amide bonds. The molecule has 0 unspecified atom stereocenters. The van der Waals surface area contributed by atoms with Crippen molar-refractivity contribution in [3.8, 4) is 5.75 Å². The van der Waals surface area contributed by atoms with Gasteiger partial charge in [-0.05, 0) is 48.0 Å². The van der Waals surface area contributed by atoms with Crippen LogP contribution in [0.1, 0.15) is 15.9 Å². The van der Waals surface area contributed by atoms with Gasteiger partial charge in [0.25, 0.3) is 0 Å². The summed E-state index contributed by atoms with van der Waals surface area (Å²) in [6, 6.07) is 18.7. The lowest BCUT2D eigenvalue weighted by Crippen LogP contribution is -2.11. The predicted molar refractivity (Wildman–Crippen MR) is 98.9 cm³/mol. The summed E-state index contributed by atoms with van der Waals surface area (Å²) in [5.41, 5.74) is 8.42. The van der Waals surface area contributed by atoms with Gasteiger partial charge in [-0.25, -0.2) is 4.39 Å². The lowest BCUT2D eigenvalue weighted by molar-refractivity contribution is 0.100. The molecule has 3 aromatic carbocycles. The van der Waals surface area contributed by atoms with Gasteiger partial charge in [0.1, 0.15) is 11.6 Å². The largest absolute Gasteiger partial charge is 0.497 e. The number of nitrogens with zero attached hydrogens (tertiary/aromatic N) is 1. The molecular weight excluding hydrogens is 331 g/mol. The zero-order chi connectivity index (χ0) is 18.3. The minimum Gasteiger partial charge on any atom is -0.497 e. The fourth-order valence-corrected chi connectivity index (χ4v) is 3.36. The van der Waals surface area contributed by atoms with E-state index in [9.17, 15) is 9.18 Å². The molecule has 0 aliphatic carbocycles. The number of methoxy groups -OCH3 is 1. The second kappa shape index (κ2) is 6.19. The van der Waals surface area contributed by atoms with Gasteiger partial charge in [-0.3, -0.25) is 4.79 Å². The first-order chi connectivity index (χ1) is 12.6. The first-order valence-corrected chi connectivity index (χ1v) is 8.13. The zero-order valence-electron chi connectivity index (χ0n) is 14.1. The number of primary amides is 1. The number of hydrogen-bond acceptors (Lipinski definition) is 2. The van der Waals surface area contributed by atoms with Crippen LogP contribution in [0.15, 0.2) is 54.6 Å². The van der Waals surface area contributed by atoms with E-state index in [1.165, 1.54) is 12.1 Å². The number of carbonyl (C=O) groups excluding carboxylic acids is 1. The summed E-state index contributed by atoms with van der Waals surface area (Å²) in [7, 11) is 1.61. The molecule has 1 heterocycles. The maximum atomic E-state index is 13.9. The Bertz CT molecular complexity index is 1150. The van der Waals surface area contributed by atoms with Crippen molar-refractivity contribution in [2.24, 2.45) is 5.73 Å². The van der Waals surface area contributed by atoms with Gasteiger partial charge < -0.3 is 15.0 Å². The summed E-state index contributed by atoms with van der Waals surface area (Å²) in [6.45, 7) is 0.497. The van der Waals surface area contributed by atoms with E-state index >= 15 is 0 Å². The standard InChI is InChI=1S/C21H16FN2O2/c1-26-15-5-2-4-13(10-15)12-24-18-7-3-6-17(21(23)25)20(18)16-9-8-14(22)11-19(16)24/h2-8,10-11H,12H2,1H3,(H2,23,25). The predicted octanol–water partition coefficient (Wildman–Crippen LogP) is 3.89. The topological polar surface area (TPSA) is 57.2 Å². The van der Waals surface area contributed by atoms with E-state index in [0.717, 1.165) is 16.8 Å². The van der Waals surface area contributed by atoms with Crippen LogP contribution in [0.4, 0.5) is 4.39 Å². The molecule has 0 fully saturated rings. The van der Waals surface area contributed by atoms with E-state index in [-0.39, 0.29) is 5.82 Å². The number of aromatic nitrogens is 1. The molecule has 0 aliphatic rings. The van der Waals surface area contributed by atoms with Crippen molar-refractivity contribution in [2.45, 2.75) is 6.54 Å². The smallest absolute Gasteiger partial charge is 0.249 e. The number of hydrogen-bond donors (Lipinski definition) is 1. The number of ether oxygens (including phenoxy) is 1. The van der Waals surface area contributed by atoms with Crippen LogP contribution in [0.5, 0.6) is 5.75 Å². The molecule has 0 saturated heterocycles. The van der Waals surface area contributed by atoms with Crippen molar-refractivity contribution in [3.05, 3.63) is 77.6 Å². The fourth-order valence-electron chi connectivity index (χ4n) is 3.36. The maximum Gasteiger partial charge on any atom is 0.249 e. The van der Waals surface area contributed by atoms with Crippen molar-refractivity contribution >= 4 is 27.7 Å². The average Bonchev–Trinajstić information content (AvgIpc) is 2.95. The minimum atomic E-state index is -0.520. The summed E-state index contributed by atoms with van der Waals surface area (Å²) < 4.78 is 21.2. The van der Waals surface area contributed by atoms with Crippen LogP contribution in [0.25, 0.3) is 21.8 Å². The van der Waals surface area contributed by atoms with E-state index in [2.05, 4.69) is 6.07 Å². The second-order valence-corrected chi connectivity index (χ2v) is 6.08. The number of fused-ring (bicyclic) bond motifs is 3. The number of benzene rings is 3. The van der Waals surface area contributed by atoms with Gasteiger partial charge in [0, 0.05) is 22.9 Å². The Morgan fingerprint density at radius 1 is 1.19 bits per heavy atom. The minimum absolute atomic E-state index is 0.382. The molecule has 26 heavy (non-hydrogen) atoms. The Morgan fingerprint density at radius 2 is 2.00 bits per heavy atom. The third-order valence-electron chi connectivity index (χ3n) is 4.50. The first kappa shape index (κ1) is 16.1. The van der Waals surface area contributed by atoms with Crippen LogP contribution < -0.4 is 10.5 Å². The highest BCUT2D eigenvalue weighted by molar-refractivity contribution is 6.17. The van der Waals surface area contributed by atoms with Gasteiger partial charge in [0.05, 0.1) is 18.1 Å². The van der Waals surface area contributed by atoms with E-state index in [1.807, 2.05) is 34.9 Å². The van der Waals surface area contributed by atoms with Gasteiger partial charge in [0.2, 0.25) is 5.91 Å². The average molecular weight is 347 g/mol. The summed E-state index contributed by atoms with van der Waals surface area (Å²) in [6.07, 6.45) is 0. The van der Waals surface area contributed by atoms with Crippen molar-refractivity contribution in [1.29, 1.82) is 0 Å². The molecule has 5 heteroatoms. The van der Waals surface area contributed by atoms with E-state index < -0.39 is 5.91 Å². The SMILES string of the molecule is COc1cccc(Cn2c3cc(F)c[c]c3c3c(C(N)=O)cccc32)c1. The third kappa shape index (κ3) is 2.58. The van der Waals surface area contributed by atoms with Crippen LogP contribution in [-0.2, 0) is 6.54 Å².